The number of nitrogens with zero attached hydrogens (tertiary/aromatic N) is 1. The molecule has 0 aliphatic carbocycles. The highest BCUT2D eigenvalue weighted by Gasteiger charge is 2.26. The second kappa shape index (κ2) is 9.66. The first-order chi connectivity index (χ1) is 17.0. The summed E-state index contributed by atoms with van der Waals surface area (Å²) < 4.78 is 51.5. The van der Waals surface area contributed by atoms with Crippen LogP contribution in [0.5, 0.6) is 5.75 Å². The molecule has 0 aliphatic heterocycles. The molecule has 3 aromatic carbocycles. The van der Waals surface area contributed by atoms with E-state index in [1.54, 1.807) is 12.1 Å². The molecule has 0 saturated carbocycles. The maximum atomic E-state index is 13.5. The number of amides is 1. The fourth-order valence-electron chi connectivity index (χ4n) is 3.94. The molecule has 4 rings (SSSR count). The normalized spacial score (nSPS) is 11.6. The number of sulfonamides is 1. The van der Waals surface area contributed by atoms with E-state index in [2.05, 4.69) is 5.32 Å². The van der Waals surface area contributed by atoms with Crippen molar-refractivity contribution in [2.24, 2.45) is 0 Å². The number of hydrogen-bond acceptors (Lipinski definition) is 5. The quantitative estimate of drug-likeness (QED) is 0.357. The summed E-state index contributed by atoms with van der Waals surface area (Å²) >= 11 is 0. The van der Waals surface area contributed by atoms with Crippen molar-refractivity contribution in [3.8, 4) is 28.2 Å². The molecule has 1 amide bonds. The van der Waals surface area contributed by atoms with Gasteiger partial charge in [0.15, 0.2) is 0 Å². The fourth-order valence-corrected chi connectivity index (χ4v) is 4.45. The average molecular weight is 511 g/mol. The van der Waals surface area contributed by atoms with Crippen LogP contribution in [0.3, 0.4) is 0 Å². The fraction of sp³-hybridized carbons (Fsp3) is 0.222. The molecule has 1 N–H and O–H groups in total. The lowest BCUT2D eigenvalue weighted by atomic mass is 9.98. The van der Waals surface area contributed by atoms with Crippen LogP contribution in [0.4, 0.5) is 10.1 Å². The number of furan rings is 1. The lowest BCUT2D eigenvalue weighted by Crippen LogP contribution is -2.25. The van der Waals surface area contributed by atoms with Crippen LogP contribution in [-0.2, 0) is 10.0 Å². The minimum Gasteiger partial charge on any atom is -0.491 e. The molecule has 0 spiro atoms. The lowest BCUT2D eigenvalue weighted by molar-refractivity contribution is 0.0964. The first-order valence-electron chi connectivity index (χ1n) is 11.3. The van der Waals surface area contributed by atoms with E-state index >= 15 is 0 Å². The molecule has 4 aromatic rings. The predicted molar refractivity (Wildman–Crippen MR) is 139 cm³/mol. The van der Waals surface area contributed by atoms with Gasteiger partial charge in [0.1, 0.15) is 22.9 Å². The van der Waals surface area contributed by atoms with Gasteiger partial charge in [0.2, 0.25) is 10.0 Å². The Bertz CT molecular complexity index is 1530. The van der Waals surface area contributed by atoms with Gasteiger partial charge in [-0.15, -0.1) is 0 Å². The highest BCUT2D eigenvalue weighted by molar-refractivity contribution is 7.92. The number of halogens is 1. The van der Waals surface area contributed by atoms with Crippen LogP contribution in [0.15, 0.2) is 65.1 Å². The van der Waals surface area contributed by atoms with E-state index in [0.29, 0.717) is 33.5 Å². The standard InChI is InChI=1S/C27H27FN2O5S/c1-16(2)34-20-12-8-17(9-13-20)21-14-22-24(15-23(21)30(4)36(5,32)33)35-26(25(22)27(31)29-3)18-6-10-19(28)11-7-18/h6-16H,1-5H3,(H,29,31). The van der Waals surface area contributed by atoms with Crippen molar-refractivity contribution in [3.05, 3.63) is 72.0 Å². The third kappa shape index (κ3) is 4.92. The van der Waals surface area contributed by atoms with Crippen molar-refractivity contribution in [3.63, 3.8) is 0 Å². The monoisotopic (exact) mass is 510 g/mol. The number of carbonyl (C=O) groups excluding carboxylic acids is 1. The highest BCUT2D eigenvalue weighted by atomic mass is 32.2. The van der Waals surface area contributed by atoms with Gasteiger partial charge >= 0.3 is 0 Å². The van der Waals surface area contributed by atoms with Gasteiger partial charge in [0.25, 0.3) is 5.91 Å². The van der Waals surface area contributed by atoms with E-state index in [-0.39, 0.29) is 23.3 Å². The van der Waals surface area contributed by atoms with Crippen molar-refractivity contribution >= 4 is 32.6 Å². The lowest BCUT2D eigenvalue weighted by Gasteiger charge is -2.21. The summed E-state index contributed by atoms with van der Waals surface area (Å²) in [6.07, 6.45) is 1.12. The molecule has 0 atom stereocenters. The SMILES string of the molecule is CNC(=O)c1c(-c2ccc(F)cc2)oc2cc(N(C)S(C)(=O)=O)c(-c3ccc(OC(C)C)cc3)cc12. The van der Waals surface area contributed by atoms with Crippen LogP contribution in [0.2, 0.25) is 0 Å². The number of nitrogens with one attached hydrogen (secondary N) is 1. The molecule has 188 valence electrons. The summed E-state index contributed by atoms with van der Waals surface area (Å²) in [5.74, 6) is 0.139. The first kappa shape index (κ1) is 25.2. The van der Waals surface area contributed by atoms with Gasteiger partial charge in [0, 0.05) is 36.7 Å². The van der Waals surface area contributed by atoms with E-state index < -0.39 is 15.8 Å². The molecule has 0 aliphatic rings. The van der Waals surface area contributed by atoms with Crippen LogP contribution < -0.4 is 14.4 Å². The Hall–Kier alpha value is -3.85. The Balaban J connectivity index is 2.00. The summed E-state index contributed by atoms with van der Waals surface area (Å²) in [7, 11) is -0.647. The van der Waals surface area contributed by atoms with E-state index in [0.717, 1.165) is 11.8 Å². The Kier molecular flexibility index (Phi) is 6.77. The maximum absolute atomic E-state index is 13.5. The summed E-state index contributed by atoms with van der Waals surface area (Å²) in [5.41, 5.74) is 2.80. The summed E-state index contributed by atoms with van der Waals surface area (Å²) in [4.78, 5) is 13.0. The van der Waals surface area contributed by atoms with Crippen molar-refractivity contribution < 1.29 is 26.8 Å². The molecule has 1 heterocycles. The second-order valence-electron chi connectivity index (χ2n) is 8.68. The van der Waals surface area contributed by atoms with Gasteiger partial charge in [0.05, 0.1) is 23.6 Å². The van der Waals surface area contributed by atoms with Gasteiger partial charge in [-0.3, -0.25) is 9.10 Å². The van der Waals surface area contributed by atoms with Crippen molar-refractivity contribution in [1.82, 2.24) is 5.32 Å². The van der Waals surface area contributed by atoms with E-state index in [9.17, 15) is 17.6 Å². The zero-order chi connectivity index (χ0) is 26.2. The third-order valence-electron chi connectivity index (χ3n) is 5.74. The zero-order valence-electron chi connectivity index (χ0n) is 20.6. The van der Waals surface area contributed by atoms with Crippen LogP contribution in [0.1, 0.15) is 24.2 Å². The molecule has 0 bridgehead atoms. The third-order valence-corrected chi connectivity index (χ3v) is 6.93. The predicted octanol–water partition coefficient (Wildman–Crippen LogP) is 5.45. The summed E-state index contributed by atoms with van der Waals surface area (Å²) in [6.45, 7) is 3.86. The molecule has 0 saturated heterocycles. The number of rotatable bonds is 7. The molecule has 9 heteroatoms. The molecule has 0 unspecified atom stereocenters. The Morgan fingerprint density at radius 3 is 2.19 bits per heavy atom. The van der Waals surface area contributed by atoms with Crippen LogP contribution >= 0.6 is 0 Å². The van der Waals surface area contributed by atoms with E-state index in [4.69, 9.17) is 9.15 Å². The van der Waals surface area contributed by atoms with Crippen molar-refractivity contribution in [1.29, 1.82) is 0 Å². The second-order valence-corrected chi connectivity index (χ2v) is 10.7. The number of anilines is 1. The average Bonchev–Trinajstić information content (AvgIpc) is 3.20. The minimum absolute atomic E-state index is 0.00468. The van der Waals surface area contributed by atoms with Crippen LogP contribution in [0, 0.1) is 5.82 Å². The molecule has 36 heavy (non-hydrogen) atoms. The molecule has 7 nitrogen and oxygen atoms in total. The first-order valence-corrected chi connectivity index (χ1v) is 13.1. The van der Waals surface area contributed by atoms with Gasteiger partial charge in [-0.2, -0.15) is 0 Å². The smallest absolute Gasteiger partial charge is 0.255 e. The largest absolute Gasteiger partial charge is 0.491 e. The Labute approximate surface area is 209 Å². The van der Waals surface area contributed by atoms with Crippen LogP contribution in [0.25, 0.3) is 33.4 Å². The number of hydrogen-bond donors (Lipinski definition) is 1. The summed E-state index contributed by atoms with van der Waals surface area (Å²) in [6, 6.07) is 16.2. The zero-order valence-corrected chi connectivity index (χ0v) is 21.4. The number of ether oxygens (including phenoxy) is 1. The van der Waals surface area contributed by atoms with Gasteiger partial charge in [-0.1, -0.05) is 12.1 Å². The van der Waals surface area contributed by atoms with Gasteiger partial charge in [-0.05, 0) is 61.9 Å². The molecule has 0 radical (unpaired) electrons. The minimum atomic E-state index is -3.61. The number of carbonyl (C=O) groups is 1. The van der Waals surface area contributed by atoms with E-state index in [1.807, 2.05) is 38.1 Å². The summed E-state index contributed by atoms with van der Waals surface area (Å²) in [5, 5.41) is 3.13. The van der Waals surface area contributed by atoms with Crippen LogP contribution in [-0.4, -0.2) is 40.8 Å². The Morgan fingerprint density at radius 2 is 1.64 bits per heavy atom. The number of fused-ring (bicyclic) bond motifs is 1. The van der Waals surface area contributed by atoms with Crippen molar-refractivity contribution in [2.45, 2.75) is 20.0 Å². The number of benzene rings is 3. The van der Waals surface area contributed by atoms with Crippen molar-refractivity contribution in [2.75, 3.05) is 24.7 Å². The topological polar surface area (TPSA) is 88.9 Å². The van der Waals surface area contributed by atoms with Gasteiger partial charge in [-0.25, -0.2) is 12.8 Å². The molecular formula is C27H27FN2O5S. The molecule has 0 fully saturated rings. The Morgan fingerprint density at radius 1 is 1.03 bits per heavy atom. The molecular weight excluding hydrogens is 483 g/mol. The van der Waals surface area contributed by atoms with Gasteiger partial charge < -0.3 is 14.5 Å². The maximum Gasteiger partial charge on any atom is 0.255 e. The van der Waals surface area contributed by atoms with E-state index in [1.165, 1.54) is 42.7 Å². The molecule has 1 aromatic heterocycles. The highest BCUT2D eigenvalue weighted by Crippen LogP contribution is 2.41.